The van der Waals surface area contributed by atoms with Gasteiger partial charge in [0.05, 0.1) is 5.75 Å². The maximum Gasteiger partial charge on any atom is 0.234 e. The van der Waals surface area contributed by atoms with Crippen LogP contribution in [0.4, 0.5) is 11.5 Å². The van der Waals surface area contributed by atoms with Crippen LogP contribution in [-0.4, -0.2) is 27.8 Å². The SMILES string of the molecule is Cc1ccc(NC(=O)CSc2ccc(NC(=O)C3CC3)nn2)cc1. The normalized spacial score (nSPS) is 13.4. The Hall–Kier alpha value is -2.41. The number of nitrogens with one attached hydrogen (secondary N) is 2. The van der Waals surface area contributed by atoms with Crippen molar-refractivity contribution in [2.24, 2.45) is 5.92 Å². The molecule has 0 spiro atoms. The summed E-state index contributed by atoms with van der Waals surface area (Å²) in [7, 11) is 0. The summed E-state index contributed by atoms with van der Waals surface area (Å²) in [4.78, 5) is 23.6. The monoisotopic (exact) mass is 342 g/mol. The highest BCUT2D eigenvalue weighted by atomic mass is 32.2. The lowest BCUT2D eigenvalue weighted by molar-refractivity contribution is -0.117. The molecule has 24 heavy (non-hydrogen) atoms. The van der Waals surface area contributed by atoms with Crippen LogP contribution in [0.15, 0.2) is 41.4 Å². The van der Waals surface area contributed by atoms with Gasteiger partial charge in [-0.25, -0.2) is 0 Å². The first-order chi connectivity index (χ1) is 11.6. The molecule has 6 nitrogen and oxygen atoms in total. The fraction of sp³-hybridized carbons (Fsp3) is 0.294. The van der Waals surface area contributed by atoms with E-state index in [0.717, 1.165) is 24.1 Å². The lowest BCUT2D eigenvalue weighted by Gasteiger charge is -2.06. The van der Waals surface area contributed by atoms with Gasteiger partial charge in [-0.3, -0.25) is 9.59 Å². The summed E-state index contributed by atoms with van der Waals surface area (Å²) in [5, 5.41) is 14.2. The van der Waals surface area contributed by atoms with Crippen LogP contribution in [0.25, 0.3) is 0 Å². The van der Waals surface area contributed by atoms with E-state index in [1.54, 1.807) is 12.1 Å². The van der Waals surface area contributed by atoms with E-state index in [0.29, 0.717) is 10.8 Å². The molecule has 0 unspecified atom stereocenters. The molecule has 2 amide bonds. The van der Waals surface area contributed by atoms with Crippen LogP contribution in [0.3, 0.4) is 0 Å². The summed E-state index contributed by atoms with van der Waals surface area (Å²) in [5.74, 6) is 0.724. The first-order valence-electron chi connectivity index (χ1n) is 7.74. The second-order valence-electron chi connectivity index (χ2n) is 5.72. The van der Waals surface area contributed by atoms with Gasteiger partial charge >= 0.3 is 0 Å². The van der Waals surface area contributed by atoms with Crippen LogP contribution in [0, 0.1) is 12.8 Å². The van der Waals surface area contributed by atoms with E-state index in [-0.39, 0.29) is 23.5 Å². The lowest BCUT2D eigenvalue weighted by Crippen LogP contribution is -2.15. The van der Waals surface area contributed by atoms with E-state index in [9.17, 15) is 9.59 Å². The van der Waals surface area contributed by atoms with Crippen LogP contribution in [0.5, 0.6) is 0 Å². The third-order valence-electron chi connectivity index (χ3n) is 3.53. The molecule has 3 rings (SSSR count). The Kier molecular flexibility index (Phi) is 5.10. The van der Waals surface area contributed by atoms with Gasteiger partial charge in [0, 0.05) is 11.6 Å². The van der Waals surface area contributed by atoms with Crippen LogP contribution in [0.2, 0.25) is 0 Å². The molecular formula is C17H18N4O2S. The largest absolute Gasteiger partial charge is 0.325 e. The highest BCUT2D eigenvalue weighted by Gasteiger charge is 2.29. The smallest absolute Gasteiger partial charge is 0.234 e. The Balaban J connectivity index is 1.46. The van der Waals surface area contributed by atoms with E-state index >= 15 is 0 Å². The van der Waals surface area contributed by atoms with Gasteiger partial charge in [-0.1, -0.05) is 29.5 Å². The number of benzene rings is 1. The molecule has 2 N–H and O–H groups in total. The summed E-state index contributed by atoms with van der Waals surface area (Å²) in [6, 6.07) is 11.1. The molecule has 0 saturated heterocycles. The van der Waals surface area contributed by atoms with Crippen LogP contribution < -0.4 is 10.6 Å². The average Bonchev–Trinajstić information content (AvgIpc) is 3.41. The molecule has 1 heterocycles. The fourth-order valence-corrected chi connectivity index (χ4v) is 2.62. The number of aromatic nitrogens is 2. The molecule has 1 aliphatic carbocycles. The van der Waals surface area contributed by atoms with Crippen molar-refractivity contribution < 1.29 is 9.59 Å². The summed E-state index contributed by atoms with van der Waals surface area (Å²) >= 11 is 1.30. The van der Waals surface area contributed by atoms with Crippen molar-refractivity contribution in [1.29, 1.82) is 0 Å². The predicted molar refractivity (Wildman–Crippen MR) is 93.9 cm³/mol. The quantitative estimate of drug-likeness (QED) is 0.789. The Morgan fingerprint density at radius 2 is 1.83 bits per heavy atom. The van der Waals surface area contributed by atoms with Crippen molar-refractivity contribution in [2.75, 3.05) is 16.4 Å². The van der Waals surface area contributed by atoms with E-state index in [1.165, 1.54) is 11.8 Å². The Bertz CT molecular complexity index is 727. The van der Waals surface area contributed by atoms with Crippen molar-refractivity contribution in [2.45, 2.75) is 24.8 Å². The lowest BCUT2D eigenvalue weighted by atomic mass is 10.2. The van der Waals surface area contributed by atoms with Crippen LogP contribution in [0.1, 0.15) is 18.4 Å². The van der Waals surface area contributed by atoms with Crippen molar-refractivity contribution in [3.8, 4) is 0 Å². The summed E-state index contributed by atoms with van der Waals surface area (Å²) in [6.45, 7) is 2.00. The van der Waals surface area contributed by atoms with E-state index in [2.05, 4.69) is 20.8 Å². The number of thioether (sulfide) groups is 1. The third kappa shape index (κ3) is 4.79. The predicted octanol–water partition coefficient (Wildman–Crippen LogP) is 2.86. The topological polar surface area (TPSA) is 84.0 Å². The second kappa shape index (κ2) is 7.44. The number of hydrogen-bond acceptors (Lipinski definition) is 5. The maximum atomic E-state index is 11.9. The average molecular weight is 342 g/mol. The molecule has 124 valence electrons. The van der Waals surface area contributed by atoms with Crippen molar-refractivity contribution in [1.82, 2.24) is 10.2 Å². The van der Waals surface area contributed by atoms with Crippen molar-refractivity contribution in [3.63, 3.8) is 0 Å². The third-order valence-corrected chi connectivity index (χ3v) is 4.45. The summed E-state index contributed by atoms with van der Waals surface area (Å²) < 4.78 is 0. The number of carbonyl (C=O) groups excluding carboxylic acids is 2. The first kappa shape index (κ1) is 16.4. The molecule has 1 saturated carbocycles. The van der Waals surface area contributed by atoms with Gasteiger partial charge in [-0.05, 0) is 44.0 Å². The Morgan fingerprint density at radius 3 is 2.46 bits per heavy atom. The zero-order valence-electron chi connectivity index (χ0n) is 13.3. The fourth-order valence-electron chi connectivity index (χ4n) is 2.01. The summed E-state index contributed by atoms with van der Waals surface area (Å²) in [6.07, 6.45) is 1.90. The Labute approximate surface area is 144 Å². The zero-order chi connectivity index (χ0) is 16.9. The van der Waals surface area contributed by atoms with Crippen LogP contribution >= 0.6 is 11.8 Å². The Morgan fingerprint density at radius 1 is 1.08 bits per heavy atom. The molecule has 1 aromatic carbocycles. The molecule has 0 radical (unpaired) electrons. The van der Waals surface area contributed by atoms with Crippen molar-refractivity contribution in [3.05, 3.63) is 42.0 Å². The van der Waals surface area contributed by atoms with Crippen molar-refractivity contribution >= 4 is 35.1 Å². The van der Waals surface area contributed by atoms with Crippen LogP contribution in [-0.2, 0) is 9.59 Å². The molecule has 1 fully saturated rings. The van der Waals surface area contributed by atoms with Gasteiger partial charge in [0.25, 0.3) is 0 Å². The number of nitrogens with zero attached hydrogens (tertiary/aromatic N) is 2. The summed E-state index contributed by atoms with van der Waals surface area (Å²) in [5.41, 5.74) is 1.92. The number of carbonyl (C=O) groups is 2. The highest BCUT2D eigenvalue weighted by molar-refractivity contribution is 7.99. The molecular weight excluding hydrogens is 324 g/mol. The van der Waals surface area contributed by atoms with E-state index in [4.69, 9.17) is 0 Å². The van der Waals surface area contributed by atoms with Gasteiger partial charge in [-0.15, -0.1) is 10.2 Å². The molecule has 1 aromatic heterocycles. The first-order valence-corrected chi connectivity index (χ1v) is 8.72. The second-order valence-corrected chi connectivity index (χ2v) is 6.72. The molecule has 0 aliphatic heterocycles. The molecule has 1 aliphatic rings. The van der Waals surface area contributed by atoms with Gasteiger partial charge in [0.2, 0.25) is 11.8 Å². The van der Waals surface area contributed by atoms with Gasteiger partial charge in [0.1, 0.15) is 5.03 Å². The molecule has 0 bridgehead atoms. The maximum absolute atomic E-state index is 11.9. The highest BCUT2D eigenvalue weighted by Crippen LogP contribution is 2.29. The molecule has 0 atom stereocenters. The minimum absolute atomic E-state index is 0.00202. The minimum Gasteiger partial charge on any atom is -0.325 e. The van der Waals surface area contributed by atoms with Gasteiger partial charge in [-0.2, -0.15) is 0 Å². The number of rotatable bonds is 6. The standard InChI is InChI=1S/C17H18N4O2S/c1-11-2-6-13(7-3-11)18-15(22)10-24-16-9-8-14(20-21-16)19-17(23)12-4-5-12/h2-3,6-9,12H,4-5,10H2,1H3,(H,18,22)(H,19,20,23). The molecule has 2 aromatic rings. The zero-order valence-corrected chi connectivity index (χ0v) is 14.1. The number of aryl methyl sites for hydroxylation is 1. The van der Waals surface area contributed by atoms with E-state index in [1.807, 2.05) is 31.2 Å². The number of hydrogen-bond donors (Lipinski definition) is 2. The minimum atomic E-state index is -0.100. The van der Waals surface area contributed by atoms with Gasteiger partial charge in [0.15, 0.2) is 5.82 Å². The van der Waals surface area contributed by atoms with Gasteiger partial charge < -0.3 is 10.6 Å². The number of amides is 2. The number of anilines is 2. The van der Waals surface area contributed by atoms with E-state index < -0.39 is 0 Å². The molecule has 7 heteroatoms.